The number of rotatable bonds is 7. The number of aromatic amines is 1. The molecule has 34 heavy (non-hydrogen) atoms. The van der Waals surface area contributed by atoms with Crippen molar-refractivity contribution in [2.75, 3.05) is 33.7 Å². The van der Waals surface area contributed by atoms with E-state index in [1.807, 2.05) is 79.7 Å². The first-order chi connectivity index (χ1) is 16.5. The second-order valence-electron chi connectivity index (χ2n) is 8.90. The normalized spacial score (nSPS) is 15.2. The van der Waals surface area contributed by atoms with Gasteiger partial charge in [-0.15, -0.1) is 0 Å². The van der Waals surface area contributed by atoms with Gasteiger partial charge in [0.15, 0.2) is 0 Å². The van der Waals surface area contributed by atoms with E-state index in [4.69, 9.17) is 0 Å². The summed E-state index contributed by atoms with van der Waals surface area (Å²) in [6.45, 7) is 1.27. The van der Waals surface area contributed by atoms with Crippen molar-refractivity contribution < 1.29 is 9.59 Å². The number of likely N-dealkylation sites (N-methyl/N-ethyl adjacent to an activating group) is 1. The zero-order valence-corrected chi connectivity index (χ0v) is 19.4. The number of fused-ring (bicyclic) bond motifs is 2. The summed E-state index contributed by atoms with van der Waals surface area (Å²) in [6.07, 6.45) is 0. The molecule has 2 amide bonds. The van der Waals surface area contributed by atoms with Crippen molar-refractivity contribution in [1.82, 2.24) is 20.1 Å². The van der Waals surface area contributed by atoms with Crippen molar-refractivity contribution in [3.05, 3.63) is 95.6 Å². The SMILES string of the molecule is CN(C)CCNC(=O)CN1C(=O)c2ccccc2[C@H]1c1c(-c2ccccc2)[nH]c2ccccc12. The lowest BCUT2D eigenvalue weighted by Gasteiger charge is -2.26. The Morgan fingerprint density at radius 3 is 2.47 bits per heavy atom. The second kappa shape index (κ2) is 9.15. The molecule has 6 heteroatoms. The van der Waals surface area contributed by atoms with E-state index in [0.29, 0.717) is 12.1 Å². The van der Waals surface area contributed by atoms with Gasteiger partial charge in [-0.1, -0.05) is 66.7 Å². The van der Waals surface area contributed by atoms with E-state index in [0.717, 1.165) is 39.8 Å². The molecule has 172 valence electrons. The summed E-state index contributed by atoms with van der Waals surface area (Å²) in [6, 6.07) is 25.6. The molecule has 2 heterocycles. The minimum absolute atomic E-state index is 0.000650. The Hall–Kier alpha value is -3.90. The highest BCUT2D eigenvalue weighted by Crippen LogP contribution is 2.45. The zero-order valence-electron chi connectivity index (χ0n) is 19.4. The molecule has 2 N–H and O–H groups in total. The van der Waals surface area contributed by atoms with Gasteiger partial charge >= 0.3 is 0 Å². The number of H-pyrrole nitrogens is 1. The molecule has 0 radical (unpaired) electrons. The Kier molecular flexibility index (Phi) is 5.90. The Bertz CT molecular complexity index is 1340. The third-order valence-corrected chi connectivity index (χ3v) is 6.34. The fraction of sp³-hybridized carbons (Fsp3) is 0.214. The zero-order chi connectivity index (χ0) is 23.7. The molecule has 3 aromatic carbocycles. The molecule has 0 fully saturated rings. The highest BCUT2D eigenvalue weighted by atomic mass is 16.2. The standard InChI is InChI=1S/C28H28N4O2/c1-31(2)17-16-29-24(33)18-32-27(20-12-6-7-13-21(20)28(32)34)25-22-14-8-9-15-23(22)30-26(25)19-10-4-3-5-11-19/h3-15,27,30H,16-18H2,1-2H3,(H,29,33)/t27-/m0/s1. The lowest BCUT2D eigenvalue weighted by Crippen LogP contribution is -2.41. The largest absolute Gasteiger partial charge is 0.354 e. The highest BCUT2D eigenvalue weighted by Gasteiger charge is 2.40. The van der Waals surface area contributed by atoms with Gasteiger partial charge in [0.2, 0.25) is 5.91 Å². The fourth-order valence-electron chi connectivity index (χ4n) is 4.75. The van der Waals surface area contributed by atoms with Crippen molar-refractivity contribution in [3.8, 4) is 11.3 Å². The van der Waals surface area contributed by atoms with Gasteiger partial charge in [-0.2, -0.15) is 0 Å². The molecular weight excluding hydrogens is 424 g/mol. The van der Waals surface area contributed by atoms with Gasteiger partial charge in [0, 0.05) is 35.1 Å². The van der Waals surface area contributed by atoms with Crippen LogP contribution in [0.25, 0.3) is 22.2 Å². The summed E-state index contributed by atoms with van der Waals surface area (Å²) >= 11 is 0. The number of para-hydroxylation sites is 1. The van der Waals surface area contributed by atoms with Crippen LogP contribution in [0.5, 0.6) is 0 Å². The van der Waals surface area contributed by atoms with E-state index >= 15 is 0 Å². The summed E-state index contributed by atoms with van der Waals surface area (Å²) in [4.78, 5) is 33.7. The lowest BCUT2D eigenvalue weighted by atomic mass is 9.93. The third-order valence-electron chi connectivity index (χ3n) is 6.34. The molecule has 1 atom stereocenters. The first-order valence-corrected chi connectivity index (χ1v) is 11.5. The van der Waals surface area contributed by atoms with Crippen LogP contribution in [0.3, 0.4) is 0 Å². The summed E-state index contributed by atoms with van der Waals surface area (Å²) in [5, 5.41) is 4.01. The number of nitrogens with zero attached hydrogens (tertiary/aromatic N) is 2. The van der Waals surface area contributed by atoms with Crippen LogP contribution in [0.15, 0.2) is 78.9 Å². The van der Waals surface area contributed by atoms with Crippen LogP contribution in [0, 0.1) is 0 Å². The predicted octanol–water partition coefficient (Wildman–Crippen LogP) is 4.06. The van der Waals surface area contributed by atoms with Crippen LogP contribution in [-0.2, 0) is 4.79 Å². The van der Waals surface area contributed by atoms with Crippen LogP contribution in [0.2, 0.25) is 0 Å². The van der Waals surface area contributed by atoms with Gasteiger partial charge in [-0.3, -0.25) is 9.59 Å². The topological polar surface area (TPSA) is 68.4 Å². The first-order valence-electron chi connectivity index (χ1n) is 11.5. The molecule has 1 aliphatic rings. The molecular formula is C28H28N4O2. The van der Waals surface area contributed by atoms with Gasteiger partial charge in [-0.05, 0) is 37.4 Å². The van der Waals surface area contributed by atoms with Crippen molar-refractivity contribution in [3.63, 3.8) is 0 Å². The van der Waals surface area contributed by atoms with E-state index in [1.165, 1.54) is 0 Å². The van der Waals surface area contributed by atoms with Crippen LogP contribution in [0.1, 0.15) is 27.5 Å². The molecule has 1 aliphatic heterocycles. The molecule has 1 aromatic heterocycles. The molecule has 4 aromatic rings. The molecule has 0 spiro atoms. The maximum atomic E-state index is 13.5. The average Bonchev–Trinajstić information content (AvgIpc) is 3.35. The molecule has 0 aliphatic carbocycles. The summed E-state index contributed by atoms with van der Waals surface area (Å²) in [7, 11) is 3.93. The number of nitrogens with one attached hydrogen (secondary N) is 2. The maximum absolute atomic E-state index is 13.5. The number of benzene rings is 3. The maximum Gasteiger partial charge on any atom is 0.255 e. The minimum Gasteiger partial charge on any atom is -0.354 e. The van der Waals surface area contributed by atoms with E-state index in [1.54, 1.807) is 4.90 Å². The smallest absolute Gasteiger partial charge is 0.255 e. The van der Waals surface area contributed by atoms with E-state index < -0.39 is 0 Å². The Morgan fingerprint density at radius 1 is 0.971 bits per heavy atom. The number of carbonyl (C=O) groups excluding carboxylic acids is 2. The molecule has 0 saturated heterocycles. The van der Waals surface area contributed by atoms with Gasteiger partial charge in [0.05, 0.1) is 11.7 Å². The van der Waals surface area contributed by atoms with E-state index in [2.05, 4.69) is 28.5 Å². The predicted molar refractivity (Wildman–Crippen MR) is 135 cm³/mol. The molecule has 0 bridgehead atoms. The number of hydrogen-bond acceptors (Lipinski definition) is 3. The average molecular weight is 453 g/mol. The van der Waals surface area contributed by atoms with Crippen LogP contribution in [-0.4, -0.2) is 60.3 Å². The quantitative estimate of drug-likeness (QED) is 0.444. The van der Waals surface area contributed by atoms with Crippen molar-refractivity contribution in [1.29, 1.82) is 0 Å². The lowest BCUT2D eigenvalue weighted by molar-refractivity contribution is -0.122. The van der Waals surface area contributed by atoms with Gasteiger partial charge in [0.1, 0.15) is 6.54 Å². The number of carbonyl (C=O) groups is 2. The van der Waals surface area contributed by atoms with Crippen molar-refractivity contribution >= 4 is 22.7 Å². The Labute approximate surface area is 199 Å². The van der Waals surface area contributed by atoms with E-state index in [-0.39, 0.29) is 24.4 Å². The van der Waals surface area contributed by atoms with Crippen molar-refractivity contribution in [2.24, 2.45) is 0 Å². The number of aromatic nitrogens is 1. The van der Waals surface area contributed by atoms with Gasteiger partial charge in [-0.25, -0.2) is 0 Å². The first kappa shape index (κ1) is 21.9. The van der Waals surface area contributed by atoms with E-state index in [9.17, 15) is 9.59 Å². The molecule has 6 nitrogen and oxygen atoms in total. The van der Waals surface area contributed by atoms with Gasteiger partial charge in [0.25, 0.3) is 5.91 Å². The van der Waals surface area contributed by atoms with Crippen LogP contribution in [0.4, 0.5) is 0 Å². The van der Waals surface area contributed by atoms with Crippen LogP contribution >= 0.6 is 0 Å². The highest BCUT2D eigenvalue weighted by molar-refractivity contribution is 6.03. The molecule has 0 unspecified atom stereocenters. The molecule has 0 saturated carbocycles. The fourth-order valence-corrected chi connectivity index (χ4v) is 4.75. The Balaban J connectivity index is 1.62. The van der Waals surface area contributed by atoms with Gasteiger partial charge < -0.3 is 20.1 Å². The molecule has 5 rings (SSSR count). The van der Waals surface area contributed by atoms with Crippen molar-refractivity contribution in [2.45, 2.75) is 6.04 Å². The third kappa shape index (κ3) is 3.97. The number of hydrogen-bond donors (Lipinski definition) is 2. The summed E-state index contributed by atoms with van der Waals surface area (Å²) in [5.74, 6) is -0.276. The minimum atomic E-state index is -0.366. The summed E-state index contributed by atoms with van der Waals surface area (Å²) < 4.78 is 0. The second-order valence-corrected chi connectivity index (χ2v) is 8.90. The number of amides is 2. The summed E-state index contributed by atoms with van der Waals surface area (Å²) in [5.41, 5.74) is 5.61. The monoisotopic (exact) mass is 452 g/mol. The Morgan fingerprint density at radius 2 is 1.68 bits per heavy atom. The van der Waals surface area contributed by atoms with Crippen LogP contribution < -0.4 is 5.32 Å².